The van der Waals surface area contributed by atoms with Crippen molar-refractivity contribution in [1.29, 1.82) is 0 Å². The Morgan fingerprint density at radius 3 is 2.64 bits per heavy atom. The average Bonchev–Trinajstić information content (AvgIpc) is 3.37. The normalized spacial score (nSPS) is 12.4. The summed E-state index contributed by atoms with van der Waals surface area (Å²) in [5.41, 5.74) is 2.91. The summed E-state index contributed by atoms with van der Waals surface area (Å²) in [6.45, 7) is 1.59. The number of nitrogens with zero attached hydrogens (tertiary/aromatic N) is 4. The van der Waals surface area contributed by atoms with Crippen molar-refractivity contribution in [3.05, 3.63) is 64.7 Å². The summed E-state index contributed by atoms with van der Waals surface area (Å²) in [5.74, 6) is 0.297. The second-order valence-electron chi connectivity index (χ2n) is 7.93. The van der Waals surface area contributed by atoms with Crippen LogP contribution in [0.2, 0.25) is 0 Å². The van der Waals surface area contributed by atoms with Crippen LogP contribution in [0, 0.1) is 11.7 Å². The third-order valence-electron chi connectivity index (χ3n) is 5.49. The van der Waals surface area contributed by atoms with Crippen LogP contribution in [0.1, 0.15) is 37.2 Å². The second kappa shape index (κ2) is 9.62. The standard InChI is InChI=1S/C23H24F2N6OS/c1-14-7-9-16(10-8-14)21-28-29-23(33)30(21)12-11-19(32)26-13-15(2)20-27-17-5-3-4-6-18(17)31(20)22(24)25/h3-10,15,22H,11-13H2,1-2H3,(H,26,32)(H,29,33). The molecule has 33 heavy (non-hydrogen) atoms. The van der Waals surface area contributed by atoms with E-state index in [1.807, 2.05) is 31.2 Å². The van der Waals surface area contributed by atoms with E-state index in [9.17, 15) is 13.6 Å². The van der Waals surface area contributed by atoms with E-state index >= 15 is 0 Å². The lowest BCUT2D eigenvalue weighted by molar-refractivity contribution is -0.121. The number of imidazole rings is 1. The van der Waals surface area contributed by atoms with Gasteiger partial charge in [-0.15, -0.1) is 0 Å². The fourth-order valence-corrected chi connectivity index (χ4v) is 3.95. The van der Waals surface area contributed by atoms with Crippen molar-refractivity contribution in [3.63, 3.8) is 0 Å². The third kappa shape index (κ3) is 4.85. The molecule has 0 saturated heterocycles. The van der Waals surface area contributed by atoms with E-state index in [1.54, 1.807) is 35.8 Å². The molecule has 2 aromatic heterocycles. The number of rotatable bonds is 8. The van der Waals surface area contributed by atoms with Crippen LogP contribution in [0.4, 0.5) is 8.78 Å². The zero-order valence-electron chi connectivity index (χ0n) is 18.3. The Labute approximate surface area is 194 Å². The van der Waals surface area contributed by atoms with Crippen LogP contribution in [0.15, 0.2) is 48.5 Å². The summed E-state index contributed by atoms with van der Waals surface area (Å²) in [5, 5.41) is 9.89. The lowest BCUT2D eigenvalue weighted by atomic mass is 10.1. The smallest absolute Gasteiger partial charge is 0.320 e. The lowest BCUT2D eigenvalue weighted by Gasteiger charge is -2.15. The minimum Gasteiger partial charge on any atom is -0.355 e. The van der Waals surface area contributed by atoms with Crippen molar-refractivity contribution in [1.82, 2.24) is 29.6 Å². The molecule has 0 spiro atoms. The van der Waals surface area contributed by atoms with Crippen molar-refractivity contribution in [2.75, 3.05) is 6.54 Å². The molecule has 0 radical (unpaired) electrons. The highest BCUT2D eigenvalue weighted by molar-refractivity contribution is 7.71. The number of aryl methyl sites for hydroxylation is 1. The van der Waals surface area contributed by atoms with E-state index in [0.717, 1.165) is 15.7 Å². The number of amides is 1. The van der Waals surface area contributed by atoms with Crippen molar-refractivity contribution < 1.29 is 13.6 Å². The number of hydrogen-bond donors (Lipinski definition) is 2. The van der Waals surface area contributed by atoms with E-state index < -0.39 is 12.5 Å². The molecule has 0 aliphatic rings. The van der Waals surface area contributed by atoms with Crippen LogP contribution < -0.4 is 5.32 Å². The molecule has 0 aliphatic heterocycles. The topological polar surface area (TPSA) is 80.5 Å². The SMILES string of the molecule is Cc1ccc(-c2n[nH]c(=S)n2CCC(=O)NCC(C)c2nc3ccccc3n2C(F)F)cc1. The molecule has 0 fully saturated rings. The monoisotopic (exact) mass is 470 g/mol. The highest BCUT2D eigenvalue weighted by Gasteiger charge is 2.22. The number of alkyl halides is 2. The number of para-hydroxylation sites is 2. The number of carbonyl (C=O) groups excluding carboxylic acids is 1. The molecule has 1 atom stereocenters. The van der Waals surface area contributed by atoms with Crippen LogP contribution in [-0.4, -0.2) is 36.8 Å². The predicted molar refractivity (Wildman–Crippen MR) is 125 cm³/mol. The van der Waals surface area contributed by atoms with Crippen LogP contribution >= 0.6 is 12.2 Å². The number of aromatic amines is 1. The quantitative estimate of drug-likeness (QED) is 0.356. The largest absolute Gasteiger partial charge is 0.355 e. The summed E-state index contributed by atoms with van der Waals surface area (Å²) in [7, 11) is 0. The molecule has 2 N–H and O–H groups in total. The van der Waals surface area contributed by atoms with Gasteiger partial charge in [0.2, 0.25) is 5.91 Å². The van der Waals surface area contributed by atoms with Crippen molar-refractivity contribution in [3.8, 4) is 11.4 Å². The van der Waals surface area contributed by atoms with Gasteiger partial charge >= 0.3 is 6.55 Å². The van der Waals surface area contributed by atoms with E-state index in [1.165, 1.54) is 0 Å². The Morgan fingerprint density at radius 2 is 1.91 bits per heavy atom. The average molecular weight is 471 g/mol. The first kappa shape index (κ1) is 22.8. The molecular formula is C23H24F2N6OS. The zero-order valence-corrected chi connectivity index (χ0v) is 19.1. The Bertz CT molecular complexity index is 1320. The van der Waals surface area contributed by atoms with Gasteiger partial charge in [0.15, 0.2) is 10.6 Å². The minimum absolute atomic E-state index is 0.171. The van der Waals surface area contributed by atoms with Crippen molar-refractivity contribution in [2.45, 2.75) is 39.3 Å². The molecule has 4 aromatic rings. The molecule has 0 bridgehead atoms. The van der Waals surface area contributed by atoms with Gasteiger partial charge in [0.25, 0.3) is 0 Å². The molecule has 0 saturated carbocycles. The Hall–Kier alpha value is -3.40. The first-order valence-corrected chi connectivity index (χ1v) is 11.0. The zero-order chi connectivity index (χ0) is 23.5. The van der Waals surface area contributed by atoms with Crippen LogP contribution in [0.5, 0.6) is 0 Å². The van der Waals surface area contributed by atoms with Gasteiger partial charge in [-0.1, -0.05) is 48.9 Å². The summed E-state index contributed by atoms with van der Waals surface area (Å²) >= 11 is 5.32. The predicted octanol–water partition coefficient (Wildman–Crippen LogP) is 4.97. The third-order valence-corrected chi connectivity index (χ3v) is 5.81. The number of carbonyl (C=O) groups is 1. The number of benzene rings is 2. The van der Waals surface area contributed by atoms with Gasteiger partial charge in [0, 0.05) is 31.0 Å². The maximum Gasteiger partial charge on any atom is 0.320 e. The van der Waals surface area contributed by atoms with Gasteiger partial charge in [0.1, 0.15) is 5.82 Å². The summed E-state index contributed by atoms with van der Waals surface area (Å²) in [6.07, 6.45) is 0.171. The minimum atomic E-state index is -2.71. The Morgan fingerprint density at radius 1 is 1.18 bits per heavy atom. The van der Waals surface area contributed by atoms with Gasteiger partial charge in [-0.3, -0.25) is 19.0 Å². The van der Waals surface area contributed by atoms with E-state index in [0.29, 0.717) is 28.2 Å². The number of aromatic nitrogens is 5. The Balaban J connectivity index is 1.41. The van der Waals surface area contributed by atoms with E-state index in [4.69, 9.17) is 12.2 Å². The highest BCUT2D eigenvalue weighted by atomic mass is 32.1. The fourth-order valence-electron chi connectivity index (χ4n) is 3.72. The summed E-state index contributed by atoms with van der Waals surface area (Å²) in [4.78, 5) is 16.9. The molecule has 7 nitrogen and oxygen atoms in total. The number of H-pyrrole nitrogens is 1. The van der Waals surface area contributed by atoms with Crippen LogP contribution in [0.3, 0.4) is 0 Å². The van der Waals surface area contributed by atoms with Gasteiger partial charge in [0.05, 0.1) is 11.0 Å². The molecule has 2 heterocycles. The number of fused-ring (bicyclic) bond motifs is 1. The first-order chi connectivity index (χ1) is 15.8. The Kier molecular flexibility index (Phi) is 6.64. The first-order valence-electron chi connectivity index (χ1n) is 10.6. The van der Waals surface area contributed by atoms with E-state index in [-0.39, 0.29) is 24.7 Å². The molecule has 0 aliphatic carbocycles. The molecule has 2 aromatic carbocycles. The molecule has 10 heteroatoms. The molecule has 1 amide bonds. The maximum atomic E-state index is 13.7. The van der Waals surface area contributed by atoms with Crippen LogP contribution in [-0.2, 0) is 11.3 Å². The number of hydrogen-bond acceptors (Lipinski definition) is 4. The fraction of sp³-hybridized carbons (Fsp3) is 0.304. The van der Waals surface area contributed by atoms with Crippen LogP contribution in [0.25, 0.3) is 22.4 Å². The maximum absolute atomic E-state index is 13.7. The lowest BCUT2D eigenvalue weighted by Crippen LogP contribution is -2.29. The number of halogens is 2. The van der Waals surface area contributed by atoms with Gasteiger partial charge in [-0.2, -0.15) is 13.9 Å². The highest BCUT2D eigenvalue weighted by Crippen LogP contribution is 2.27. The molecule has 172 valence electrons. The molecule has 1 unspecified atom stereocenters. The van der Waals surface area contributed by atoms with Crippen molar-refractivity contribution in [2.24, 2.45) is 0 Å². The van der Waals surface area contributed by atoms with E-state index in [2.05, 4.69) is 20.5 Å². The van der Waals surface area contributed by atoms with Gasteiger partial charge < -0.3 is 5.32 Å². The summed E-state index contributed by atoms with van der Waals surface area (Å²) in [6, 6.07) is 14.6. The van der Waals surface area contributed by atoms with Gasteiger partial charge in [-0.25, -0.2) is 4.98 Å². The van der Waals surface area contributed by atoms with Gasteiger partial charge in [-0.05, 0) is 31.3 Å². The summed E-state index contributed by atoms with van der Waals surface area (Å²) < 4.78 is 30.5. The molecular weight excluding hydrogens is 446 g/mol. The van der Waals surface area contributed by atoms with Crippen molar-refractivity contribution >= 4 is 29.2 Å². The second-order valence-corrected chi connectivity index (χ2v) is 8.32. The molecule has 4 rings (SSSR count). The number of nitrogens with one attached hydrogen (secondary N) is 2.